The Bertz CT molecular complexity index is 557. The zero-order valence-electron chi connectivity index (χ0n) is 11.0. The fourth-order valence-electron chi connectivity index (χ4n) is 1.86. The maximum atomic E-state index is 10.8. The summed E-state index contributed by atoms with van der Waals surface area (Å²) in [4.78, 5) is 10.8. The summed E-state index contributed by atoms with van der Waals surface area (Å²) < 4.78 is 5.26. The van der Waals surface area contributed by atoms with Crippen molar-refractivity contribution < 1.29 is 14.3 Å². The van der Waals surface area contributed by atoms with Gasteiger partial charge < -0.3 is 14.8 Å². The molecule has 1 unspecified atom stereocenters. The van der Waals surface area contributed by atoms with Gasteiger partial charge >= 0.3 is 5.97 Å². The second-order valence-corrected chi connectivity index (χ2v) is 4.42. The summed E-state index contributed by atoms with van der Waals surface area (Å²) in [6.07, 6.45) is 1.01. The molecule has 0 fully saturated rings. The number of hydrogen-bond acceptors (Lipinski definition) is 3. The summed E-state index contributed by atoms with van der Waals surface area (Å²) in [5.41, 5.74) is 2.27. The third-order valence-corrected chi connectivity index (χ3v) is 3.01. The minimum Gasteiger partial charge on any atom is -0.475 e. The molecule has 1 heterocycles. The molecule has 0 aliphatic carbocycles. The number of aryl methyl sites for hydroxylation is 1. The molecule has 100 valence electrons. The fourth-order valence-corrected chi connectivity index (χ4v) is 1.86. The van der Waals surface area contributed by atoms with Crippen LogP contribution in [0.3, 0.4) is 0 Å². The molecule has 1 aromatic carbocycles. The Balaban J connectivity index is 2.06. The summed E-state index contributed by atoms with van der Waals surface area (Å²) in [6.45, 7) is 4.04. The maximum absolute atomic E-state index is 10.8. The minimum absolute atomic E-state index is 0.0371. The van der Waals surface area contributed by atoms with Gasteiger partial charge in [0.2, 0.25) is 5.76 Å². The number of aromatic carboxylic acids is 1. The molecule has 1 atom stereocenters. The van der Waals surface area contributed by atoms with Crippen molar-refractivity contribution >= 4 is 11.7 Å². The summed E-state index contributed by atoms with van der Waals surface area (Å²) >= 11 is 0. The highest BCUT2D eigenvalue weighted by Gasteiger charge is 2.13. The van der Waals surface area contributed by atoms with Crippen LogP contribution in [0.4, 0.5) is 5.69 Å². The molecule has 2 rings (SSSR count). The van der Waals surface area contributed by atoms with Crippen LogP contribution >= 0.6 is 0 Å². The second-order valence-electron chi connectivity index (χ2n) is 4.42. The van der Waals surface area contributed by atoms with Gasteiger partial charge in [-0.05, 0) is 43.2 Å². The van der Waals surface area contributed by atoms with Crippen molar-refractivity contribution in [1.82, 2.24) is 0 Å². The molecule has 0 radical (unpaired) electrons. The van der Waals surface area contributed by atoms with Crippen molar-refractivity contribution in [3.63, 3.8) is 0 Å². The van der Waals surface area contributed by atoms with Crippen LogP contribution in [0.1, 0.15) is 41.8 Å². The number of furan rings is 1. The summed E-state index contributed by atoms with van der Waals surface area (Å²) in [6, 6.07) is 11.2. The lowest BCUT2D eigenvalue weighted by Crippen LogP contribution is -2.05. The Morgan fingerprint density at radius 1 is 1.26 bits per heavy atom. The van der Waals surface area contributed by atoms with Crippen LogP contribution in [0.5, 0.6) is 0 Å². The van der Waals surface area contributed by atoms with Gasteiger partial charge in [0.25, 0.3) is 0 Å². The Labute approximate surface area is 112 Å². The molecule has 0 saturated heterocycles. The molecular formula is C15H17NO3. The number of benzene rings is 1. The second kappa shape index (κ2) is 5.61. The molecule has 4 heteroatoms. The lowest BCUT2D eigenvalue weighted by molar-refractivity contribution is 0.0660. The molecule has 0 amide bonds. The number of rotatable bonds is 5. The first-order chi connectivity index (χ1) is 9.10. The van der Waals surface area contributed by atoms with Gasteiger partial charge in [-0.15, -0.1) is 0 Å². The highest BCUT2D eigenvalue weighted by molar-refractivity contribution is 5.84. The Morgan fingerprint density at radius 3 is 2.47 bits per heavy atom. The van der Waals surface area contributed by atoms with E-state index >= 15 is 0 Å². The number of anilines is 1. The van der Waals surface area contributed by atoms with Crippen molar-refractivity contribution in [1.29, 1.82) is 0 Å². The quantitative estimate of drug-likeness (QED) is 0.859. The monoisotopic (exact) mass is 259 g/mol. The SMILES string of the molecule is CCc1ccc(NC(C)c2ccc(C(=O)O)o2)cc1. The summed E-state index contributed by atoms with van der Waals surface area (Å²) in [5, 5.41) is 12.1. The van der Waals surface area contributed by atoms with Crippen molar-refractivity contribution in [3.05, 3.63) is 53.5 Å². The van der Waals surface area contributed by atoms with Gasteiger partial charge in [-0.1, -0.05) is 19.1 Å². The highest BCUT2D eigenvalue weighted by Crippen LogP contribution is 2.21. The van der Waals surface area contributed by atoms with Crippen LogP contribution in [0.15, 0.2) is 40.8 Å². The lowest BCUT2D eigenvalue weighted by atomic mass is 10.1. The van der Waals surface area contributed by atoms with E-state index in [2.05, 4.69) is 24.4 Å². The maximum Gasteiger partial charge on any atom is 0.371 e. The average Bonchev–Trinajstić information content (AvgIpc) is 2.89. The van der Waals surface area contributed by atoms with Gasteiger partial charge in [0.1, 0.15) is 5.76 Å². The molecule has 2 N–H and O–H groups in total. The van der Waals surface area contributed by atoms with E-state index in [4.69, 9.17) is 9.52 Å². The topological polar surface area (TPSA) is 62.5 Å². The standard InChI is InChI=1S/C15H17NO3/c1-3-11-4-6-12(7-5-11)16-10(2)13-8-9-14(19-13)15(17)18/h4-10,16H,3H2,1-2H3,(H,17,18). The molecule has 0 aliphatic rings. The zero-order chi connectivity index (χ0) is 13.8. The molecule has 0 saturated carbocycles. The van der Waals surface area contributed by atoms with Gasteiger partial charge in [0.05, 0.1) is 6.04 Å². The van der Waals surface area contributed by atoms with Crippen molar-refractivity contribution in [3.8, 4) is 0 Å². The molecule has 0 aliphatic heterocycles. The largest absolute Gasteiger partial charge is 0.475 e. The van der Waals surface area contributed by atoms with E-state index in [9.17, 15) is 4.79 Å². The van der Waals surface area contributed by atoms with E-state index in [0.29, 0.717) is 5.76 Å². The smallest absolute Gasteiger partial charge is 0.371 e. The highest BCUT2D eigenvalue weighted by atomic mass is 16.4. The van der Waals surface area contributed by atoms with Gasteiger partial charge in [-0.25, -0.2) is 4.79 Å². The summed E-state index contributed by atoms with van der Waals surface area (Å²) in [7, 11) is 0. The fraction of sp³-hybridized carbons (Fsp3) is 0.267. The van der Waals surface area contributed by atoms with Crippen LogP contribution in [0.2, 0.25) is 0 Å². The van der Waals surface area contributed by atoms with Crippen molar-refractivity contribution in [2.24, 2.45) is 0 Å². The summed E-state index contributed by atoms with van der Waals surface area (Å²) in [5.74, 6) is -0.479. The minimum atomic E-state index is -1.05. The number of nitrogens with one attached hydrogen (secondary N) is 1. The predicted octanol–water partition coefficient (Wildman–Crippen LogP) is 3.71. The molecular weight excluding hydrogens is 242 g/mol. The average molecular weight is 259 g/mol. The number of carbonyl (C=O) groups is 1. The van der Waals surface area contributed by atoms with Crippen LogP contribution in [0, 0.1) is 0 Å². The van der Waals surface area contributed by atoms with Gasteiger partial charge in [0.15, 0.2) is 0 Å². The van der Waals surface area contributed by atoms with E-state index in [0.717, 1.165) is 12.1 Å². The van der Waals surface area contributed by atoms with E-state index in [-0.39, 0.29) is 11.8 Å². The molecule has 0 spiro atoms. The van der Waals surface area contributed by atoms with E-state index < -0.39 is 5.97 Å². The number of hydrogen-bond donors (Lipinski definition) is 2. The Morgan fingerprint density at radius 2 is 1.95 bits per heavy atom. The van der Waals surface area contributed by atoms with Crippen LogP contribution in [-0.4, -0.2) is 11.1 Å². The Hall–Kier alpha value is -2.23. The predicted molar refractivity (Wildman–Crippen MR) is 73.5 cm³/mol. The molecule has 19 heavy (non-hydrogen) atoms. The van der Waals surface area contributed by atoms with Crippen molar-refractivity contribution in [2.45, 2.75) is 26.3 Å². The van der Waals surface area contributed by atoms with Gasteiger partial charge in [0, 0.05) is 5.69 Å². The van der Waals surface area contributed by atoms with E-state index in [1.54, 1.807) is 6.07 Å². The van der Waals surface area contributed by atoms with Gasteiger partial charge in [-0.3, -0.25) is 0 Å². The molecule has 2 aromatic rings. The number of carboxylic acids is 1. The molecule has 1 aromatic heterocycles. The van der Waals surface area contributed by atoms with Crippen LogP contribution < -0.4 is 5.32 Å². The van der Waals surface area contributed by atoms with Crippen LogP contribution in [-0.2, 0) is 6.42 Å². The van der Waals surface area contributed by atoms with E-state index in [1.807, 2.05) is 19.1 Å². The number of carboxylic acid groups (broad SMARTS) is 1. The first kappa shape index (κ1) is 13.2. The first-order valence-electron chi connectivity index (χ1n) is 6.28. The third-order valence-electron chi connectivity index (χ3n) is 3.01. The van der Waals surface area contributed by atoms with Gasteiger partial charge in [-0.2, -0.15) is 0 Å². The van der Waals surface area contributed by atoms with E-state index in [1.165, 1.54) is 11.6 Å². The first-order valence-corrected chi connectivity index (χ1v) is 6.28. The lowest BCUT2D eigenvalue weighted by Gasteiger charge is -2.13. The van der Waals surface area contributed by atoms with Crippen molar-refractivity contribution in [2.75, 3.05) is 5.32 Å². The molecule has 0 bridgehead atoms. The third kappa shape index (κ3) is 3.16. The zero-order valence-corrected chi connectivity index (χ0v) is 11.0. The van der Waals surface area contributed by atoms with Crippen LogP contribution in [0.25, 0.3) is 0 Å². The Kier molecular flexibility index (Phi) is 3.90. The normalized spacial score (nSPS) is 12.1. The molecule has 4 nitrogen and oxygen atoms in total.